The molecule has 0 unspecified atom stereocenters. The Morgan fingerprint density at radius 3 is 1.89 bits per heavy atom. The van der Waals surface area contributed by atoms with Crippen LogP contribution in [0.2, 0.25) is 0 Å². The van der Waals surface area contributed by atoms with Gasteiger partial charge < -0.3 is 14.7 Å². The van der Waals surface area contributed by atoms with E-state index in [4.69, 9.17) is 15.0 Å². The molecule has 0 aliphatic rings. The second-order valence-electron chi connectivity index (χ2n) is 6.90. The van der Waals surface area contributed by atoms with Crippen LogP contribution in [0.5, 0.6) is 0 Å². The lowest BCUT2D eigenvalue weighted by Gasteiger charge is -2.20. The van der Waals surface area contributed by atoms with Crippen molar-refractivity contribution in [3.8, 4) is 22.5 Å². The average Bonchev–Trinajstić information content (AvgIpc) is 2.67. The first-order chi connectivity index (χ1) is 12.9. The summed E-state index contributed by atoms with van der Waals surface area (Å²) in [6.07, 6.45) is 1.83. The van der Waals surface area contributed by atoms with Gasteiger partial charge in [0.15, 0.2) is 0 Å². The molecular weight excluding hydrogens is 338 g/mol. The number of anilines is 3. The molecule has 140 valence electrons. The molecule has 0 saturated carbocycles. The Balaban J connectivity index is 2.20. The van der Waals surface area contributed by atoms with Crippen LogP contribution in [0.15, 0.2) is 42.6 Å². The lowest BCUT2D eigenvalue weighted by Crippen LogP contribution is -2.18. The molecule has 0 atom stereocenters. The number of benzene rings is 1. The monoisotopic (exact) mass is 363 g/mol. The van der Waals surface area contributed by atoms with E-state index in [1.165, 1.54) is 0 Å². The fourth-order valence-electron chi connectivity index (χ4n) is 2.63. The van der Waals surface area contributed by atoms with Gasteiger partial charge in [0, 0.05) is 54.0 Å². The van der Waals surface area contributed by atoms with Crippen molar-refractivity contribution in [3.05, 3.63) is 42.6 Å². The van der Waals surface area contributed by atoms with E-state index in [-0.39, 0.29) is 0 Å². The molecule has 0 N–H and O–H groups in total. The highest BCUT2D eigenvalue weighted by Crippen LogP contribution is 2.31. The van der Waals surface area contributed by atoms with Gasteiger partial charge in [0.25, 0.3) is 0 Å². The van der Waals surface area contributed by atoms with E-state index >= 15 is 0 Å². The fourth-order valence-corrected chi connectivity index (χ4v) is 2.63. The van der Waals surface area contributed by atoms with Crippen molar-refractivity contribution in [2.45, 2.75) is 0 Å². The van der Waals surface area contributed by atoms with Crippen LogP contribution < -0.4 is 14.7 Å². The van der Waals surface area contributed by atoms with Gasteiger partial charge in [-0.25, -0.2) is 15.0 Å². The summed E-state index contributed by atoms with van der Waals surface area (Å²) in [4.78, 5) is 24.4. The molecule has 7 nitrogen and oxygen atoms in total. The van der Waals surface area contributed by atoms with E-state index in [9.17, 15) is 0 Å². The summed E-state index contributed by atoms with van der Waals surface area (Å²) >= 11 is 0. The Labute approximate surface area is 160 Å². The number of hydrogen-bond acceptors (Lipinski definition) is 7. The van der Waals surface area contributed by atoms with Gasteiger partial charge in [0.1, 0.15) is 5.82 Å². The van der Waals surface area contributed by atoms with Gasteiger partial charge in [0.2, 0.25) is 11.9 Å². The van der Waals surface area contributed by atoms with Crippen LogP contribution in [-0.2, 0) is 0 Å². The fraction of sp³-hybridized carbons (Fsp3) is 0.300. The minimum Gasteiger partial charge on any atom is -0.362 e. The molecule has 2 heterocycles. The lowest BCUT2D eigenvalue weighted by molar-refractivity contribution is 0.963. The standard InChI is InChI=1S/C20H25N7/c1-25(2)18-15(13-21-19(24-18)26(3)4)17-12-16(14-10-8-7-9-11-14)22-20(23-17)27(5)6/h7-13H,1-6H3. The first-order valence-electron chi connectivity index (χ1n) is 8.70. The van der Waals surface area contributed by atoms with Crippen LogP contribution >= 0.6 is 0 Å². The Morgan fingerprint density at radius 2 is 1.30 bits per heavy atom. The van der Waals surface area contributed by atoms with Crippen LogP contribution in [0.25, 0.3) is 22.5 Å². The maximum atomic E-state index is 4.74. The molecule has 0 radical (unpaired) electrons. The Bertz CT molecular complexity index is 921. The number of hydrogen-bond donors (Lipinski definition) is 0. The Morgan fingerprint density at radius 1 is 0.667 bits per heavy atom. The predicted molar refractivity (Wildman–Crippen MR) is 111 cm³/mol. The average molecular weight is 363 g/mol. The van der Waals surface area contributed by atoms with Crippen molar-refractivity contribution in [3.63, 3.8) is 0 Å². The number of rotatable bonds is 5. The zero-order valence-electron chi connectivity index (χ0n) is 16.7. The Kier molecular flexibility index (Phi) is 5.21. The molecule has 0 spiro atoms. The quantitative estimate of drug-likeness (QED) is 0.691. The number of aromatic nitrogens is 4. The van der Waals surface area contributed by atoms with E-state index in [0.29, 0.717) is 11.9 Å². The van der Waals surface area contributed by atoms with Crippen LogP contribution in [0.3, 0.4) is 0 Å². The molecule has 0 fully saturated rings. The molecule has 3 aromatic rings. The van der Waals surface area contributed by atoms with Gasteiger partial charge in [-0.3, -0.25) is 0 Å². The molecule has 0 saturated heterocycles. The second-order valence-corrected chi connectivity index (χ2v) is 6.90. The first-order valence-corrected chi connectivity index (χ1v) is 8.70. The molecule has 0 bridgehead atoms. The highest BCUT2D eigenvalue weighted by atomic mass is 15.3. The summed E-state index contributed by atoms with van der Waals surface area (Å²) in [6.45, 7) is 0. The largest absolute Gasteiger partial charge is 0.362 e. The van der Waals surface area contributed by atoms with Crippen LogP contribution in [0.4, 0.5) is 17.7 Å². The molecule has 2 aromatic heterocycles. The van der Waals surface area contributed by atoms with E-state index in [1.807, 2.05) is 99.6 Å². The minimum atomic E-state index is 0.646. The molecule has 0 amide bonds. The minimum absolute atomic E-state index is 0.646. The highest BCUT2D eigenvalue weighted by Gasteiger charge is 2.16. The maximum absolute atomic E-state index is 4.74. The zero-order chi connectivity index (χ0) is 19.6. The maximum Gasteiger partial charge on any atom is 0.226 e. The Hall–Kier alpha value is -3.22. The summed E-state index contributed by atoms with van der Waals surface area (Å²) in [5.74, 6) is 2.12. The topological polar surface area (TPSA) is 61.3 Å². The zero-order valence-corrected chi connectivity index (χ0v) is 16.7. The summed E-state index contributed by atoms with van der Waals surface area (Å²) < 4.78 is 0. The van der Waals surface area contributed by atoms with E-state index < -0.39 is 0 Å². The van der Waals surface area contributed by atoms with Crippen molar-refractivity contribution in [1.82, 2.24) is 19.9 Å². The molecule has 27 heavy (non-hydrogen) atoms. The van der Waals surface area contributed by atoms with Crippen molar-refractivity contribution in [2.24, 2.45) is 0 Å². The number of nitrogens with zero attached hydrogens (tertiary/aromatic N) is 7. The van der Waals surface area contributed by atoms with Gasteiger partial charge in [-0.15, -0.1) is 0 Å². The third kappa shape index (κ3) is 3.97. The lowest BCUT2D eigenvalue weighted by atomic mass is 10.1. The third-order valence-electron chi connectivity index (χ3n) is 4.04. The van der Waals surface area contributed by atoms with E-state index in [2.05, 4.69) is 4.98 Å². The van der Waals surface area contributed by atoms with Crippen molar-refractivity contribution in [2.75, 3.05) is 57.0 Å². The normalized spacial score (nSPS) is 10.6. The summed E-state index contributed by atoms with van der Waals surface area (Å²) in [5.41, 5.74) is 3.57. The van der Waals surface area contributed by atoms with Gasteiger partial charge in [-0.05, 0) is 6.07 Å². The molecule has 7 heteroatoms. The third-order valence-corrected chi connectivity index (χ3v) is 4.04. The first kappa shape index (κ1) is 18.6. The van der Waals surface area contributed by atoms with Gasteiger partial charge >= 0.3 is 0 Å². The second kappa shape index (κ2) is 7.57. The molecule has 0 aliphatic carbocycles. The van der Waals surface area contributed by atoms with Gasteiger partial charge in [-0.2, -0.15) is 4.98 Å². The van der Waals surface area contributed by atoms with Crippen LogP contribution in [-0.4, -0.2) is 62.2 Å². The van der Waals surface area contributed by atoms with Crippen LogP contribution in [0, 0.1) is 0 Å². The highest BCUT2D eigenvalue weighted by molar-refractivity contribution is 5.77. The summed E-state index contributed by atoms with van der Waals surface area (Å²) in [6, 6.07) is 12.1. The van der Waals surface area contributed by atoms with E-state index in [1.54, 1.807) is 0 Å². The van der Waals surface area contributed by atoms with Crippen molar-refractivity contribution in [1.29, 1.82) is 0 Å². The molecule has 1 aromatic carbocycles. The van der Waals surface area contributed by atoms with Crippen molar-refractivity contribution >= 4 is 17.7 Å². The van der Waals surface area contributed by atoms with Gasteiger partial charge in [-0.1, -0.05) is 30.3 Å². The smallest absolute Gasteiger partial charge is 0.226 e. The predicted octanol–water partition coefficient (Wildman–Crippen LogP) is 2.80. The SMILES string of the molecule is CN(C)c1nc(-c2ccccc2)cc(-c2cnc(N(C)C)nc2N(C)C)n1. The summed E-state index contributed by atoms with van der Waals surface area (Å²) in [5, 5.41) is 0. The molecule has 0 aliphatic heterocycles. The molecular formula is C20H25N7. The van der Waals surface area contributed by atoms with Gasteiger partial charge in [0.05, 0.1) is 17.0 Å². The molecule has 3 rings (SSSR count). The van der Waals surface area contributed by atoms with E-state index in [0.717, 1.165) is 28.3 Å². The van der Waals surface area contributed by atoms with Crippen LogP contribution in [0.1, 0.15) is 0 Å². The van der Waals surface area contributed by atoms with Crippen molar-refractivity contribution < 1.29 is 0 Å². The summed E-state index contributed by atoms with van der Waals surface area (Å²) in [7, 11) is 11.7.